The van der Waals surface area contributed by atoms with Crippen LogP contribution in [0.25, 0.3) is 0 Å². The molecule has 0 fully saturated rings. The van der Waals surface area contributed by atoms with E-state index in [9.17, 15) is 8.42 Å². The van der Waals surface area contributed by atoms with Crippen LogP contribution in [-0.2, 0) is 15.8 Å². The molecule has 0 aliphatic carbocycles. The summed E-state index contributed by atoms with van der Waals surface area (Å²) in [4.78, 5) is 0. The first-order valence-electron chi connectivity index (χ1n) is 5.39. The van der Waals surface area contributed by atoms with E-state index in [1.807, 2.05) is 0 Å². The first kappa shape index (κ1) is 14.0. The molecule has 0 saturated carbocycles. The van der Waals surface area contributed by atoms with Gasteiger partial charge in [-0.1, -0.05) is 18.2 Å². The second kappa shape index (κ2) is 6.00. The average molecular weight is 258 g/mol. The molecule has 0 aliphatic heterocycles. The van der Waals surface area contributed by atoms with Crippen molar-refractivity contribution in [2.75, 3.05) is 12.3 Å². The summed E-state index contributed by atoms with van der Waals surface area (Å²) in [5.74, 6) is -0.143. The van der Waals surface area contributed by atoms with Gasteiger partial charge in [0.25, 0.3) is 0 Å². The minimum absolute atomic E-state index is 0.0445. The maximum Gasteiger partial charge on any atom is 0.216 e. The number of anilines is 1. The number of aliphatic hydroxyl groups is 1. The number of nitrogens with two attached hydrogens (primary N) is 1. The SMILES string of the molecule is CC(CCO)NS(=O)(=O)Cc1ccccc1N. The third-order valence-electron chi connectivity index (χ3n) is 2.34. The lowest BCUT2D eigenvalue weighted by Crippen LogP contribution is -2.34. The fourth-order valence-electron chi connectivity index (χ4n) is 1.47. The molecule has 0 saturated heterocycles. The molecule has 1 aromatic carbocycles. The quantitative estimate of drug-likeness (QED) is 0.646. The minimum atomic E-state index is -3.42. The lowest BCUT2D eigenvalue weighted by atomic mass is 10.2. The molecule has 5 nitrogen and oxygen atoms in total. The van der Waals surface area contributed by atoms with Gasteiger partial charge in [-0.15, -0.1) is 0 Å². The van der Waals surface area contributed by atoms with Crippen molar-refractivity contribution >= 4 is 15.7 Å². The molecule has 0 aliphatic rings. The van der Waals surface area contributed by atoms with E-state index in [1.54, 1.807) is 31.2 Å². The predicted molar refractivity (Wildman–Crippen MR) is 67.8 cm³/mol. The molecule has 1 unspecified atom stereocenters. The molecular formula is C11H18N2O3S. The standard InChI is InChI=1S/C11H18N2O3S/c1-9(6-7-14)13-17(15,16)8-10-4-2-3-5-11(10)12/h2-5,9,13-14H,6-8,12H2,1H3. The number of hydrogen-bond acceptors (Lipinski definition) is 4. The van der Waals surface area contributed by atoms with Gasteiger partial charge in [-0.05, 0) is 25.0 Å². The zero-order valence-corrected chi connectivity index (χ0v) is 10.6. The van der Waals surface area contributed by atoms with Gasteiger partial charge in [0.05, 0.1) is 5.75 Å². The Balaban J connectivity index is 2.70. The van der Waals surface area contributed by atoms with Crippen LogP contribution >= 0.6 is 0 Å². The zero-order chi connectivity index (χ0) is 12.9. The fourth-order valence-corrected chi connectivity index (χ4v) is 2.96. The number of hydrogen-bond donors (Lipinski definition) is 3. The molecule has 17 heavy (non-hydrogen) atoms. The summed E-state index contributed by atoms with van der Waals surface area (Å²) in [7, 11) is -3.42. The van der Waals surface area contributed by atoms with E-state index in [0.29, 0.717) is 17.7 Å². The summed E-state index contributed by atoms with van der Waals surface area (Å²) < 4.78 is 26.1. The van der Waals surface area contributed by atoms with E-state index < -0.39 is 10.0 Å². The van der Waals surface area contributed by atoms with Crippen molar-refractivity contribution in [2.24, 2.45) is 0 Å². The van der Waals surface area contributed by atoms with Gasteiger partial charge in [0.2, 0.25) is 10.0 Å². The van der Waals surface area contributed by atoms with E-state index in [0.717, 1.165) is 0 Å². The van der Waals surface area contributed by atoms with Crippen LogP contribution in [-0.4, -0.2) is 26.2 Å². The number of benzene rings is 1. The molecule has 6 heteroatoms. The largest absolute Gasteiger partial charge is 0.398 e. The molecule has 4 N–H and O–H groups in total. The highest BCUT2D eigenvalue weighted by Crippen LogP contribution is 2.13. The van der Waals surface area contributed by atoms with Crippen molar-refractivity contribution in [3.05, 3.63) is 29.8 Å². The number of nitrogens with one attached hydrogen (secondary N) is 1. The van der Waals surface area contributed by atoms with Crippen molar-refractivity contribution in [3.63, 3.8) is 0 Å². The summed E-state index contributed by atoms with van der Waals surface area (Å²) in [6.07, 6.45) is 0.392. The Hall–Kier alpha value is -1.11. The van der Waals surface area contributed by atoms with E-state index in [1.165, 1.54) is 0 Å². The summed E-state index contributed by atoms with van der Waals surface area (Å²) in [6, 6.07) is 6.58. The molecule has 1 aromatic rings. The number of para-hydroxylation sites is 1. The lowest BCUT2D eigenvalue weighted by Gasteiger charge is -2.13. The Kier molecular flexibility index (Phi) is 4.92. The van der Waals surface area contributed by atoms with Gasteiger partial charge in [-0.25, -0.2) is 13.1 Å². The Morgan fingerprint density at radius 1 is 1.41 bits per heavy atom. The van der Waals surface area contributed by atoms with Crippen molar-refractivity contribution in [2.45, 2.75) is 25.1 Å². The average Bonchev–Trinajstić information content (AvgIpc) is 2.20. The summed E-state index contributed by atoms with van der Waals surface area (Å²) in [6.45, 7) is 1.67. The highest BCUT2D eigenvalue weighted by molar-refractivity contribution is 7.88. The Morgan fingerprint density at radius 2 is 2.06 bits per heavy atom. The molecule has 0 amide bonds. The van der Waals surface area contributed by atoms with E-state index in [-0.39, 0.29) is 18.4 Å². The molecular weight excluding hydrogens is 240 g/mol. The zero-order valence-electron chi connectivity index (χ0n) is 9.76. The predicted octanol–water partition coefficient (Wildman–Crippen LogP) is 0.459. The first-order chi connectivity index (χ1) is 7.94. The van der Waals surface area contributed by atoms with Crippen LogP contribution < -0.4 is 10.5 Å². The van der Waals surface area contributed by atoms with Crippen molar-refractivity contribution in [1.29, 1.82) is 0 Å². The van der Waals surface area contributed by atoms with Crippen LogP contribution in [0.15, 0.2) is 24.3 Å². The van der Waals surface area contributed by atoms with Crippen molar-refractivity contribution in [1.82, 2.24) is 4.72 Å². The molecule has 1 atom stereocenters. The van der Waals surface area contributed by atoms with Crippen LogP contribution in [0.4, 0.5) is 5.69 Å². The molecule has 96 valence electrons. The third kappa shape index (κ3) is 4.72. The molecule has 1 rings (SSSR count). The smallest absolute Gasteiger partial charge is 0.216 e. The number of sulfonamides is 1. The monoisotopic (exact) mass is 258 g/mol. The fraction of sp³-hybridized carbons (Fsp3) is 0.455. The topological polar surface area (TPSA) is 92.4 Å². The first-order valence-corrected chi connectivity index (χ1v) is 7.04. The van der Waals surface area contributed by atoms with E-state index >= 15 is 0 Å². The van der Waals surface area contributed by atoms with Crippen LogP contribution in [0.5, 0.6) is 0 Å². The van der Waals surface area contributed by atoms with Gasteiger partial charge in [-0.3, -0.25) is 0 Å². The highest BCUT2D eigenvalue weighted by Gasteiger charge is 2.16. The summed E-state index contributed by atoms with van der Waals surface area (Å²) >= 11 is 0. The van der Waals surface area contributed by atoms with Gasteiger partial charge >= 0.3 is 0 Å². The number of aliphatic hydroxyl groups excluding tert-OH is 1. The molecule has 0 aromatic heterocycles. The number of nitrogen functional groups attached to an aromatic ring is 1. The molecule has 0 bridgehead atoms. The lowest BCUT2D eigenvalue weighted by molar-refractivity contribution is 0.275. The van der Waals surface area contributed by atoms with Gasteiger partial charge in [0.1, 0.15) is 0 Å². The second-order valence-electron chi connectivity index (χ2n) is 3.99. The number of rotatable bonds is 6. The Morgan fingerprint density at radius 3 is 2.65 bits per heavy atom. The highest BCUT2D eigenvalue weighted by atomic mass is 32.2. The maximum absolute atomic E-state index is 11.8. The maximum atomic E-state index is 11.8. The van der Waals surface area contributed by atoms with Crippen molar-refractivity contribution < 1.29 is 13.5 Å². The summed E-state index contributed by atoms with van der Waals surface area (Å²) in [5, 5.41) is 8.71. The van der Waals surface area contributed by atoms with Gasteiger partial charge in [0, 0.05) is 18.3 Å². The summed E-state index contributed by atoms with van der Waals surface area (Å²) in [5.41, 5.74) is 6.73. The van der Waals surface area contributed by atoms with Crippen molar-refractivity contribution in [3.8, 4) is 0 Å². The second-order valence-corrected chi connectivity index (χ2v) is 5.74. The molecule has 0 spiro atoms. The third-order valence-corrected chi connectivity index (χ3v) is 3.80. The van der Waals surface area contributed by atoms with E-state index in [2.05, 4.69) is 4.72 Å². The minimum Gasteiger partial charge on any atom is -0.398 e. The van der Waals surface area contributed by atoms with Crippen LogP contribution in [0, 0.1) is 0 Å². The van der Waals surface area contributed by atoms with Crippen LogP contribution in [0.3, 0.4) is 0 Å². The van der Waals surface area contributed by atoms with Gasteiger partial charge < -0.3 is 10.8 Å². The van der Waals surface area contributed by atoms with Crippen LogP contribution in [0.2, 0.25) is 0 Å². The normalized spacial score (nSPS) is 13.5. The molecule has 0 heterocycles. The van der Waals surface area contributed by atoms with Crippen LogP contribution in [0.1, 0.15) is 18.9 Å². The van der Waals surface area contributed by atoms with Gasteiger partial charge in [0.15, 0.2) is 0 Å². The molecule has 0 radical (unpaired) electrons. The van der Waals surface area contributed by atoms with E-state index in [4.69, 9.17) is 10.8 Å². The van der Waals surface area contributed by atoms with Gasteiger partial charge in [-0.2, -0.15) is 0 Å². The Bertz CT molecular complexity index is 460. The Labute approximate surface area is 102 Å².